The number of carbonyl (C=O) groups is 1. The standard InChI is InChI=1S/C17H16ClFN6O2/c1-9(26)21-7-5-14-23-15-11(4-6-22-17(15)24-14)16(20)25(27)10-2-3-13(19)12(18)8-10/h2-4,6,8,20,27H,5,7H2,1H3,(H,21,26)(H,22,23,24). The highest BCUT2D eigenvalue weighted by Gasteiger charge is 2.18. The number of hydroxylamine groups is 1. The first kappa shape index (κ1) is 18.7. The first-order valence-electron chi connectivity index (χ1n) is 7.98. The number of aromatic amines is 1. The molecule has 0 spiro atoms. The lowest BCUT2D eigenvalue weighted by atomic mass is 10.2. The van der Waals surface area contributed by atoms with Crippen LogP contribution in [0.25, 0.3) is 11.2 Å². The van der Waals surface area contributed by atoms with Crippen LogP contribution in [0.5, 0.6) is 0 Å². The Bertz CT molecular complexity index is 1020. The number of anilines is 1. The Kier molecular flexibility index (Phi) is 5.33. The number of rotatable bonds is 5. The summed E-state index contributed by atoms with van der Waals surface area (Å²) in [6.45, 7) is 1.83. The molecule has 27 heavy (non-hydrogen) atoms. The minimum absolute atomic E-state index is 0.138. The Morgan fingerprint density at radius 3 is 2.93 bits per heavy atom. The number of amidine groups is 1. The van der Waals surface area contributed by atoms with Crippen LogP contribution in [0.4, 0.5) is 10.1 Å². The second-order valence-electron chi connectivity index (χ2n) is 5.73. The lowest BCUT2D eigenvalue weighted by Crippen LogP contribution is -2.27. The largest absolute Gasteiger partial charge is 0.356 e. The Morgan fingerprint density at radius 1 is 1.44 bits per heavy atom. The Balaban J connectivity index is 1.88. The van der Waals surface area contributed by atoms with E-state index in [1.165, 1.54) is 25.3 Å². The number of amides is 1. The molecule has 0 aliphatic heterocycles. The number of nitrogens with zero attached hydrogens (tertiary/aromatic N) is 3. The second kappa shape index (κ2) is 7.68. The predicted octanol–water partition coefficient (Wildman–Crippen LogP) is 2.65. The van der Waals surface area contributed by atoms with Gasteiger partial charge in [-0.2, -0.15) is 0 Å². The number of aromatic nitrogens is 3. The van der Waals surface area contributed by atoms with E-state index in [9.17, 15) is 14.4 Å². The number of hydrogen-bond donors (Lipinski definition) is 4. The molecule has 3 rings (SSSR count). The van der Waals surface area contributed by atoms with E-state index in [1.807, 2.05) is 0 Å². The van der Waals surface area contributed by atoms with Gasteiger partial charge in [-0.3, -0.25) is 15.4 Å². The van der Waals surface area contributed by atoms with Crippen molar-refractivity contribution in [2.75, 3.05) is 11.6 Å². The number of halogens is 2. The van der Waals surface area contributed by atoms with Gasteiger partial charge in [0.15, 0.2) is 11.5 Å². The van der Waals surface area contributed by atoms with E-state index >= 15 is 0 Å². The van der Waals surface area contributed by atoms with Crippen LogP contribution in [0.15, 0.2) is 30.5 Å². The SMILES string of the molecule is CC(=O)NCCc1nc2nccc(C(=N)N(O)c3ccc(F)c(Cl)c3)c2[nH]1. The highest BCUT2D eigenvalue weighted by molar-refractivity contribution is 6.31. The molecule has 140 valence electrons. The zero-order chi connectivity index (χ0) is 19.6. The molecule has 10 heteroatoms. The number of imidazole rings is 1. The lowest BCUT2D eigenvalue weighted by Gasteiger charge is -2.18. The van der Waals surface area contributed by atoms with Gasteiger partial charge in [-0.15, -0.1) is 0 Å². The summed E-state index contributed by atoms with van der Waals surface area (Å²) in [5, 5.41) is 21.7. The molecule has 1 amide bonds. The molecule has 0 aliphatic rings. The molecular weight excluding hydrogens is 375 g/mol. The molecule has 0 atom stereocenters. The quantitative estimate of drug-likeness (QED) is 0.303. The van der Waals surface area contributed by atoms with Gasteiger partial charge in [-0.1, -0.05) is 11.6 Å². The number of carbonyl (C=O) groups excluding carboxylic acids is 1. The van der Waals surface area contributed by atoms with Crippen molar-refractivity contribution in [3.63, 3.8) is 0 Å². The number of pyridine rings is 1. The summed E-state index contributed by atoms with van der Waals surface area (Å²) in [5.74, 6) is -0.437. The minimum Gasteiger partial charge on any atom is -0.356 e. The van der Waals surface area contributed by atoms with Crippen molar-refractivity contribution >= 4 is 40.2 Å². The normalized spacial score (nSPS) is 10.8. The number of hydrogen-bond acceptors (Lipinski definition) is 5. The molecule has 0 fully saturated rings. The number of nitrogens with one attached hydrogen (secondary N) is 3. The average Bonchev–Trinajstić information content (AvgIpc) is 3.05. The topological polar surface area (TPSA) is 118 Å². The van der Waals surface area contributed by atoms with Gasteiger partial charge in [0.25, 0.3) is 0 Å². The molecule has 3 aromatic rings. The van der Waals surface area contributed by atoms with Gasteiger partial charge >= 0.3 is 0 Å². The molecule has 0 saturated carbocycles. The van der Waals surface area contributed by atoms with Crippen LogP contribution in [0.3, 0.4) is 0 Å². The van der Waals surface area contributed by atoms with E-state index in [1.54, 1.807) is 6.07 Å². The van der Waals surface area contributed by atoms with Gasteiger partial charge in [0, 0.05) is 31.6 Å². The Morgan fingerprint density at radius 2 is 2.22 bits per heavy atom. The second-order valence-corrected chi connectivity index (χ2v) is 6.14. The third-order valence-electron chi connectivity index (χ3n) is 3.79. The zero-order valence-corrected chi connectivity index (χ0v) is 15.0. The molecular formula is C17H16ClFN6O2. The monoisotopic (exact) mass is 390 g/mol. The highest BCUT2D eigenvalue weighted by atomic mass is 35.5. The average molecular weight is 391 g/mol. The molecule has 0 bridgehead atoms. The van der Waals surface area contributed by atoms with Gasteiger partial charge < -0.3 is 10.3 Å². The molecule has 2 aromatic heterocycles. The molecule has 8 nitrogen and oxygen atoms in total. The lowest BCUT2D eigenvalue weighted by molar-refractivity contribution is -0.118. The summed E-state index contributed by atoms with van der Waals surface area (Å²) < 4.78 is 13.3. The first-order valence-corrected chi connectivity index (χ1v) is 8.35. The van der Waals surface area contributed by atoms with Crippen LogP contribution in [-0.2, 0) is 11.2 Å². The van der Waals surface area contributed by atoms with Crippen molar-refractivity contribution in [2.45, 2.75) is 13.3 Å². The Labute approximate surface area is 158 Å². The van der Waals surface area contributed by atoms with Crippen molar-refractivity contribution in [3.05, 3.63) is 52.7 Å². The summed E-state index contributed by atoms with van der Waals surface area (Å²) >= 11 is 5.74. The van der Waals surface area contributed by atoms with Gasteiger partial charge in [-0.05, 0) is 24.3 Å². The summed E-state index contributed by atoms with van der Waals surface area (Å²) in [6, 6.07) is 5.18. The maximum atomic E-state index is 13.3. The smallest absolute Gasteiger partial charge is 0.216 e. The van der Waals surface area contributed by atoms with Crippen molar-refractivity contribution < 1.29 is 14.4 Å². The fourth-order valence-corrected chi connectivity index (χ4v) is 2.67. The molecule has 0 saturated heterocycles. The van der Waals surface area contributed by atoms with Crippen LogP contribution in [-0.4, -0.2) is 38.4 Å². The molecule has 1 aromatic carbocycles. The third-order valence-corrected chi connectivity index (χ3v) is 4.08. The van der Waals surface area contributed by atoms with Crippen molar-refractivity contribution in [2.24, 2.45) is 0 Å². The van der Waals surface area contributed by atoms with Crippen LogP contribution < -0.4 is 10.4 Å². The van der Waals surface area contributed by atoms with Gasteiger partial charge in [-0.25, -0.2) is 19.4 Å². The molecule has 0 aliphatic carbocycles. The van der Waals surface area contributed by atoms with Gasteiger partial charge in [0.2, 0.25) is 5.91 Å². The van der Waals surface area contributed by atoms with Crippen LogP contribution in [0.1, 0.15) is 18.3 Å². The van der Waals surface area contributed by atoms with E-state index in [-0.39, 0.29) is 22.5 Å². The van der Waals surface area contributed by atoms with Crippen LogP contribution >= 0.6 is 11.6 Å². The minimum atomic E-state index is -0.621. The zero-order valence-electron chi connectivity index (χ0n) is 14.3. The fraction of sp³-hybridized carbons (Fsp3) is 0.176. The van der Waals surface area contributed by atoms with E-state index < -0.39 is 5.82 Å². The molecule has 0 unspecified atom stereocenters. The van der Waals surface area contributed by atoms with E-state index in [4.69, 9.17) is 17.0 Å². The molecule has 0 radical (unpaired) electrons. The van der Waals surface area contributed by atoms with Crippen molar-refractivity contribution in [1.29, 1.82) is 5.41 Å². The maximum Gasteiger partial charge on any atom is 0.216 e. The van der Waals surface area contributed by atoms with Crippen LogP contribution in [0.2, 0.25) is 5.02 Å². The summed E-state index contributed by atoms with van der Waals surface area (Å²) in [7, 11) is 0. The summed E-state index contributed by atoms with van der Waals surface area (Å²) in [4.78, 5) is 22.5. The number of H-pyrrole nitrogens is 1. The predicted molar refractivity (Wildman–Crippen MR) is 98.8 cm³/mol. The van der Waals surface area contributed by atoms with Crippen molar-refractivity contribution in [1.82, 2.24) is 20.3 Å². The number of fused-ring (bicyclic) bond motifs is 1. The summed E-state index contributed by atoms with van der Waals surface area (Å²) in [5.41, 5.74) is 1.33. The van der Waals surface area contributed by atoms with E-state index in [0.717, 1.165) is 6.07 Å². The highest BCUT2D eigenvalue weighted by Crippen LogP contribution is 2.24. The first-order chi connectivity index (χ1) is 12.9. The van der Waals surface area contributed by atoms with Crippen molar-refractivity contribution in [3.8, 4) is 0 Å². The Hall–Kier alpha value is -3.04. The maximum absolute atomic E-state index is 13.3. The van der Waals surface area contributed by atoms with Gasteiger partial charge in [0.05, 0.1) is 16.2 Å². The van der Waals surface area contributed by atoms with E-state index in [0.29, 0.717) is 40.6 Å². The van der Waals surface area contributed by atoms with Crippen LogP contribution in [0, 0.1) is 11.2 Å². The number of benzene rings is 1. The summed E-state index contributed by atoms with van der Waals surface area (Å²) in [6.07, 6.45) is 1.93. The van der Waals surface area contributed by atoms with Gasteiger partial charge in [0.1, 0.15) is 11.6 Å². The third kappa shape index (κ3) is 4.04. The molecule has 4 N–H and O–H groups in total. The molecule has 2 heterocycles. The fourth-order valence-electron chi connectivity index (χ4n) is 2.49. The van der Waals surface area contributed by atoms with E-state index in [2.05, 4.69) is 20.3 Å².